The number of hydrogen-bond donors (Lipinski definition) is 2. The van der Waals surface area contributed by atoms with Gasteiger partial charge in [0, 0.05) is 29.7 Å². The van der Waals surface area contributed by atoms with Crippen LogP contribution < -0.4 is 10.1 Å². The Morgan fingerprint density at radius 1 is 1.07 bits per heavy atom. The van der Waals surface area contributed by atoms with E-state index in [9.17, 15) is 18.5 Å². The largest absolute Gasteiger partial charge is 0.295 e. The predicted molar refractivity (Wildman–Crippen MR) is 110 cm³/mol. The number of rotatable bonds is 7. The van der Waals surface area contributed by atoms with Crippen LogP contribution in [0.5, 0.6) is 0 Å². The Kier molecular flexibility index (Phi) is 5.84. The van der Waals surface area contributed by atoms with Crippen LogP contribution in [0.3, 0.4) is 0 Å². The third-order valence-electron chi connectivity index (χ3n) is 3.94. The van der Waals surface area contributed by atoms with Crippen molar-refractivity contribution in [3.05, 3.63) is 88.7 Å². The smallest absolute Gasteiger partial charge is 0.280 e. The number of nitrogens with zero attached hydrogens (tertiary/aromatic N) is 3. The van der Waals surface area contributed by atoms with Crippen LogP contribution in [-0.2, 0) is 10.0 Å². The number of nitrogens with one attached hydrogen (secondary N) is 2. The van der Waals surface area contributed by atoms with E-state index in [0.29, 0.717) is 11.4 Å². The maximum absolute atomic E-state index is 12.6. The van der Waals surface area contributed by atoms with Gasteiger partial charge >= 0.3 is 0 Å². The molecule has 0 spiro atoms. The van der Waals surface area contributed by atoms with Crippen LogP contribution in [0.2, 0.25) is 0 Å². The summed E-state index contributed by atoms with van der Waals surface area (Å²) in [6, 6.07) is 15.3. The lowest BCUT2D eigenvalue weighted by Gasteiger charge is -2.09. The highest BCUT2D eigenvalue weighted by molar-refractivity contribution is 7.92. The number of aromatic nitrogens is 1. The Balaban J connectivity index is 1.88. The molecule has 1 aromatic heterocycles. The number of hydrogen-bond acceptors (Lipinski definition) is 7. The molecule has 0 saturated carbocycles. The molecule has 0 fully saturated rings. The van der Waals surface area contributed by atoms with Gasteiger partial charge in [-0.1, -0.05) is 18.2 Å². The highest BCUT2D eigenvalue weighted by atomic mass is 32.2. The van der Waals surface area contributed by atoms with Crippen LogP contribution >= 0.6 is 0 Å². The molecule has 0 saturated heterocycles. The number of para-hydroxylation sites is 1. The van der Waals surface area contributed by atoms with Crippen LogP contribution in [0.25, 0.3) is 0 Å². The van der Waals surface area contributed by atoms with Gasteiger partial charge in [0.15, 0.2) is 0 Å². The van der Waals surface area contributed by atoms with Crippen molar-refractivity contribution in [1.82, 2.24) is 4.98 Å². The second-order valence-electron chi connectivity index (χ2n) is 5.95. The molecule has 0 bridgehead atoms. The Morgan fingerprint density at radius 2 is 1.76 bits per heavy atom. The molecule has 0 amide bonds. The molecule has 0 unspecified atom stereocenters. The lowest BCUT2D eigenvalue weighted by molar-refractivity contribution is -0.384. The Hall–Kier alpha value is -3.79. The number of nitro groups is 1. The van der Waals surface area contributed by atoms with E-state index >= 15 is 0 Å². The average molecular weight is 411 g/mol. The number of nitro benzene ring substituents is 1. The van der Waals surface area contributed by atoms with E-state index in [4.69, 9.17) is 0 Å². The molecule has 29 heavy (non-hydrogen) atoms. The van der Waals surface area contributed by atoms with Gasteiger partial charge < -0.3 is 0 Å². The molecule has 0 aliphatic rings. The quantitative estimate of drug-likeness (QED) is 0.347. The number of benzene rings is 2. The van der Waals surface area contributed by atoms with Crippen molar-refractivity contribution in [3.63, 3.8) is 0 Å². The maximum Gasteiger partial charge on any atom is 0.295 e. The minimum atomic E-state index is -3.99. The number of pyridine rings is 1. The van der Waals surface area contributed by atoms with Crippen molar-refractivity contribution in [2.45, 2.75) is 11.8 Å². The SMILES string of the molecule is C/C(=N/Nc1ccc(S(=O)(=O)Nc2ccccc2)cc1[N+](=O)[O-])c1ccncc1. The molecule has 3 aromatic rings. The molecular formula is C19H17N5O4S. The summed E-state index contributed by atoms with van der Waals surface area (Å²) in [7, 11) is -3.99. The van der Waals surface area contributed by atoms with E-state index in [1.807, 2.05) is 0 Å². The summed E-state index contributed by atoms with van der Waals surface area (Å²) in [6.07, 6.45) is 3.21. The zero-order chi connectivity index (χ0) is 20.9. The summed E-state index contributed by atoms with van der Waals surface area (Å²) in [5.74, 6) is 0. The minimum absolute atomic E-state index is 0.0714. The third-order valence-corrected chi connectivity index (χ3v) is 5.32. The van der Waals surface area contributed by atoms with E-state index in [1.165, 1.54) is 12.1 Å². The molecule has 148 valence electrons. The summed E-state index contributed by atoms with van der Waals surface area (Å²) in [6.45, 7) is 1.73. The summed E-state index contributed by atoms with van der Waals surface area (Å²) >= 11 is 0. The first kappa shape index (κ1) is 20.0. The van der Waals surface area contributed by atoms with Gasteiger partial charge in [-0.2, -0.15) is 5.10 Å². The van der Waals surface area contributed by atoms with Crippen molar-refractivity contribution in [2.24, 2.45) is 5.10 Å². The summed E-state index contributed by atoms with van der Waals surface area (Å²) < 4.78 is 27.5. The highest BCUT2D eigenvalue weighted by Crippen LogP contribution is 2.28. The van der Waals surface area contributed by atoms with Gasteiger partial charge in [0.1, 0.15) is 5.69 Å². The highest BCUT2D eigenvalue weighted by Gasteiger charge is 2.21. The van der Waals surface area contributed by atoms with E-state index in [1.54, 1.807) is 61.8 Å². The van der Waals surface area contributed by atoms with Gasteiger partial charge in [-0.3, -0.25) is 25.2 Å². The van der Waals surface area contributed by atoms with E-state index < -0.39 is 20.6 Å². The Labute approximate surface area is 167 Å². The molecule has 3 rings (SSSR count). The van der Waals surface area contributed by atoms with Crippen LogP contribution in [0, 0.1) is 10.1 Å². The Morgan fingerprint density at radius 3 is 2.41 bits per heavy atom. The fraction of sp³-hybridized carbons (Fsp3) is 0.0526. The number of anilines is 2. The first-order chi connectivity index (χ1) is 13.9. The molecule has 2 aromatic carbocycles. The van der Waals surface area contributed by atoms with Crippen LogP contribution in [0.1, 0.15) is 12.5 Å². The first-order valence-electron chi connectivity index (χ1n) is 8.44. The van der Waals surface area contributed by atoms with Crippen molar-refractivity contribution in [3.8, 4) is 0 Å². The monoisotopic (exact) mass is 411 g/mol. The third kappa shape index (κ3) is 4.93. The number of sulfonamides is 1. The van der Waals surface area contributed by atoms with Crippen LogP contribution in [0.15, 0.2) is 83.1 Å². The predicted octanol–water partition coefficient (Wildman–Crippen LogP) is 3.63. The molecule has 0 atom stereocenters. The Bertz CT molecular complexity index is 1150. The fourth-order valence-electron chi connectivity index (χ4n) is 2.45. The minimum Gasteiger partial charge on any atom is -0.280 e. The van der Waals surface area contributed by atoms with Gasteiger partial charge in [0.25, 0.3) is 15.7 Å². The second-order valence-corrected chi connectivity index (χ2v) is 7.63. The van der Waals surface area contributed by atoms with Gasteiger partial charge in [0.05, 0.1) is 15.5 Å². The topological polar surface area (TPSA) is 127 Å². The van der Waals surface area contributed by atoms with Crippen molar-refractivity contribution < 1.29 is 13.3 Å². The maximum atomic E-state index is 12.6. The molecule has 10 heteroatoms. The fourth-order valence-corrected chi connectivity index (χ4v) is 3.52. The molecule has 0 aliphatic carbocycles. The molecule has 2 N–H and O–H groups in total. The molecule has 0 radical (unpaired) electrons. The summed E-state index contributed by atoms with van der Waals surface area (Å²) in [4.78, 5) is 14.5. The lowest BCUT2D eigenvalue weighted by atomic mass is 10.2. The molecule has 9 nitrogen and oxygen atoms in total. The zero-order valence-electron chi connectivity index (χ0n) is 15.3. The lowest BCUT2D eigenvalue weighted by Crippen LogP contribution is -2.13. The molecule has 1 heterocycles. The van der Waals surface area contributed by atoms with Gasteiger partial charge in [-0.05, 0) is 43.3 Å². The van der Waals surface area contributed by atoms with Gasteiger partial charge in [-0.15, -0.1) is 0 Å². The average Bonchev–Trinajstić information content (AvgIpc) is 2.72. The van der Waals surface area contributed by atoms with E-state index in [-0.39, 0.29) is 10.6 Å². The van der Waals surface area contributed by atoms with Crippen molar-refractivity contribution >= 4 is 32.8 Å². The van der Waals surface area contributed by atoms with Crippen LogP contribution in [-0.4, -0.2) is 24.0 Å². The second kappa shape index (κ2) is 8.48. The first-order valence-corrected chi connectivity index (χ1v) is 9.92. The summed E-state index contributed by atoms with van der Waals surface area (Å²) in [5, 5.41) is 15.6. The molecule has 0 aliphatic heterocycles. The summed E-state index contributed by atoms with van der Waals surface area (Å²) in [5.41, 5.74) is 4.03. The van der Waals surface area contributed by atoms with E-state index in [0.717, 1.165) is 11.6 Å². The van der Waals surface area contributed by atoms with Crippen molar-refractivity contribution in [1.29, 1.82) is 0 Å². The zero-order valence-corrected chi connectivity index (χ0v) is 16.1. The van der Waals surface area contributed by atoms with E-state index in [2.05, 4.69) is 20.2 Å². The number of hydrazone groups is 1. The van der Waals surface area contributed by atoms with Gasteiger partial charge in [-0.25, -0.2) is 8.42 Å². The van der Waals surface area contributed by atoms with Crippen LogP contribution in [0.4, 0.5) is 17.1 Å². The normalized spacial score (nSPS) is 11.7. The standard InChI is InChI=1S/C19H17N5O4S/c1-14(15-9-11-20-12-10-15)21-22-18-8-7-17(13-19(18)24(25)26)29(27,28)23-16-5-3-2-4-6-16/h2-13,22-23H,1H3/b21-14-. The van der Waals surface area contributed by atoms with Gasteiger partial charge in [0.2, 0.25) is 0 Å². The van der Waals surface area contributed by atoms with Crippen molar-refractivity contribution in [2.75, 3.05) is 10.1 Å². The molecular weight excluding hydrogens is 394 g/mol.